The second-order valence-electron chi connectivity index (χ2n) is 2.85. The molecule has 1 aliphatic carbocycles. The highest BCUT2D eigenvalue weighted by atomic mass is 31.1. The third kappa shape index (κ3) is 2.19. The van der Waals surface area contributed by atoms with Gasteiger partial charge in [0.2, 0.25) is 0 Å². The van der Waals surface area contributed by atoms with Gasteiger partial charge >= 0.3 is 0 Å². The zero-order valence-corrected chi connectivity index (χ0v) is 7.34. The fourth-order valence-corrected chi connectivity index (χ4v) is 2.18. The molecule has 3 unspecified atom stereocenters. The molecule has 0 aromatic rings. The molecule has 0 radical (unpaired) electrons. The average Bonchev–Trinajstić information content (AvgIpc) is 2.05. The molecule has 0 saturated heterocycles. The molecule has 0 amide bonds. The fourth-order valence-electron chi connectivity index (χ4n) is 1.48. The smallest absolute Gasteiger partial charge is 0.0578 e. The third-order valence-corrected chi connectivity index (χ3v) is 3.03. The SMILES string of the molecule is COC1CCCC(PO)C1. The number of ether oxygens (including phenoxy) is 1. The fraction of sp³-hybridized carbons (Fsp3) is 1.00. The van der Waals surface area contributed by atoms with Gasteiger partial charge < -0.3 is 9.63 Å². The van der Waals surface area contributed by atoms with E-state index < -0.39 is 0 Å². The van der Waals surface area contributed by atoms with Crippen LogP contribution in [0.4, 0.5) is 0 Å². The van der Waals surface area contributed by atoms with Gasteiger partial charge in [-0.3, -0.25) is 0 Å². The van der Waals surface area contributed by atoms with E-state index in [-0.39, 0.29) is 8.81 Å². The highest BCUT2D eigenvalue weighted by molar-refractivity contribution is 7.32. The lowest BCUT2D eigenvalue weighted by Crippen LogP contribution is -2.22. The van der Waals surface area contributed by atoms with Crippen LogP contribution in [0, 0.1) is 0 Å². The topological polar surface area (TPSA) is 29.5 Å². The van der Waals surface area contributed by atoms with Gasteiger partial charge in [-0.05, 0) is 19.3 Å². The van der Waals surface area contributed by atoms with Gasteiger partial charge in [-0.2, -0.15) is 0 Å². The molecule has 1 rings (SSSR count). The first-order valence-electron chi connectivity index (χ1n) is 3.79. The first kappa shape index (κ1) is 8.45. The Labute approximate surface area is 63.8 Å². The molecule has 0 aliphatic heterocycles. The van der Waals surface area contributed by atoms with Gasteiger partial charge in [-0.25, -0.2) is 0 Å². The van der Waals surface area contributed by atoms with Crippen LogP contribution in [0.15, 0.2) is 0 Å². The van der Waals surface area contributed by atoms with Crippen molar-refractivity contribution in [2.24, 2.45) is 0 Å². The summed E-state index contributed by atoms with van der Waals surface area (Å²) in [5, 5.41) is 0. The van der Waals surface area contributed by atoms with Gasteiger partial charge in [-0.1, -0.05) is 6.42 Å². The summed E-state index contributed by atoms with van der Waals surface area (Å²) >= 11 is 0. The minimum atomic E-state index is 0.116. The number of hydrogen-bond acceptors (Lipinski definition) is 2. The predicted octanol–water partition coefficient (Wildman–Crippen LogP) is 1.53. The van der Waals surface area contributed by atoms with E-state index in [4.69, 9.17) is 9.63 Å². The Morgan fingerprint density at radius 3 is 2.90 bits per heavy atom. The first-order chi connectivity index (χ1) is 4.86. The van der Waals surface area contributed by atoms with Crippen molar-refractivity contribution in [1.82, 2.24) is 0 Å². The van der Waals surface area contributed by atoms with Crippen LogP contribution in [0.3, 0.4) is 0 Å². The molecule has 1 aliphatic rings. The molecule has 0 aromatic carbocycles. The van der Waals surface area contributed by atoms with Crippen LogP contribution in [-0.2, 0) is 4.74 Å². The lowest BCUT2D eigenvalue weighted by molar-refractivity contribution is 0.0721. The summed E-state index contributed by atoms with van der Waals surface area (Å²) in [4.78, 5) is 8.88. The Balaban J connectivity index is 2.25. The van der Waals surface area contributed by atoms with E-state index in [1.54, 1.807) is 7.11 Å². The third-order valence-electron chi connectivity index (χ3n) is 2.14. The molecular weight excluding hydrogens is 147 g/mol. The van der Waals surface area contributed by atoms with E-state index in [2.05, 4.69) is 0 Å². The molecule has 2 nitrogen and oxygen atoms in total. The van der Waals surface area contributed by atoms with Gasteiger partial charge in [0.1, 0.15) is 0 Å². The summed E-state index contributed by atoms with van der Waals surface area (Å²) in [6.07, 6.45) is 5.06. The largest absolute Gasteiger partial charge is 0.381 e. The summed E-state index contributed by atoms with van der Waals surface area (Å²) in [7, 11) is 1.87. The van der Waals surface area contributed by atoms with Crippen molar-refractivity contribution in [3.8, 4) is 0 Å². The highest BCUT2D eigenvalue weighted by Crippen LogP contribution is 2.31. The van der Waals surface area contributed by atoms with E-state index in [1.807, 2.05) is 0 Å². The quantitative estimate of drug-likeness (QED) is 0.624. The van der Waals surface area contributed by atoms with Crippen molar-refractivity contribution in [2.75, 3.05) is 7.11 Å². The molecule has 3 atom stereocenters. The maximum Gasteiger partial charge on any atom is 0.0578 e. The molecule has 0 bridgehead atoms. The molecule has 1 fully saturated rings. The Morgan fingerprint density at radius 1 is 1.50 bits per heavy atom. The van der Waals surface area contributed by atoms with Crippen molar-refractivity contribution < 1.29 is 9.63 Å². The standard InChI is InChI=1S/C7H15O2P/c1-9-6-3-2-4-7(5-6)10-8/h6-8,10H,2-5H2,1H3. The Kier molecular flexibility index (Phi) is 3.61. The zero-order valence-electron chi connectivity index (χ0n) is 6.34. The molecular formula is C7H15O2P. The van der Waals surface area contributed by atoms with Crippen LogP contribution < -0.4 is 0 Å². The van der Waals surface area contributed by atoms with Gasteiger partial charge in [-0.15, -0.1) is 0 Å². The molecule has 0 heterocycles. The monoisotopic (exact) mass is 162 g/mol. The summed E-state index contributed by atoms with van der Waals surface area (Å²) in [5.41, 5.74) is 0.527. The van der Waals surface area contributed by atoms with Gasteiger partial charge in [0.05, 0.1) is 6.10 Å². The van der Waals surface area contributed by atoms with Crippen molar-refractivity contribution >= 4 is 8.81 Å². The predicted molar refractivity (Wildman–Crippen MR) is 43.6 cm³/mol. The van der Waals surface area contributed by atoms with Crippen LogP contribution >= 0.6 is 8.81 Å². The molecule has 1 N–H and O–H groups in total. The zero-order chi connectivity index (χ0) is 7.40. The maximum atomic E-state index is 8.88. The molecule has 10 heavy (non-hydrogen) atoms. The summed E-state index contributed by atoms with van der Waals surface area (Å²) in [6, 6.07) is 0. The van der Waals surface area contributed by atoms with Crippen LogP contribution in [-0.4, -0.2) is 23.8 Å². The van der Waals surface area contributed by atoms with E-state index in [1.165, 1.54) is 19.3 Å². The lowest BCUT2D eigenvalue weighted by Gasteiger charge is -2.26. The van der Waals surface area contributed by atoms with E-state index in [0.29, 0.717) is 11.8 Å². The molecule has 0 spiro atoms. The van der Waals surface area contributed by atoms with Crippen LogP contribution in [0.5, 0.6) is 0 Å². The number of hydrogen-bond donors (Lipinski definition) is 1. The second kappa shape index (κ2) is 4.27. The number of rotatable bonds is 2. The normalized spacial score (nSPS) is 35.4. The van der Waals surface area contributed by atoms with E-state index in [0.717, 1.165) is 6.42 Å². The van der Waals surface area contributed by atoms with Gasteiger partial charge in [0.25, 0.3) is 0 Å². The summed E-state index contributed by atoms with van der Waals surface area (Å²) < 4.78 is 5.22. The lowest BCUT2D eigenvalue weighted by atomic mass is 9.97. The molecule has 3 heteroatoms. The van der Waals surface area contributed by atoms with Crippen LogP contribution in [0.25, 0.3) is 0 Å². The van der Waals surface area contributed by atoms with Crippen molar-refractivity contribution in [2.45, 2.75) is 37.4 Å². The van der Waals surface area contributed by atoms with E-state index in [9.17, 15) is 0 Å². The minimum Gasteiger partial charge on any atom is -0.381 e. The van der Waals surface area contributed by atoms with E-state index >= 15 is 0 Å². The molecule has 0 aromatic heterocycles. The first-order valence-corrected chi connectivity index (χ1v) is 4.81. The Bertz CT molecular complexity index is 87.6. The Hall–Kier alpha value is 0.350. The van der Waals surface area contributed by atoms with Crippen molar-refractivity contribution in [1.29, 1.82) is 0 Å². The van der Waals surface area contributed by atoms with Crippen LogP contribution in [0.2, 0.25) is 0 Å². The molecule has 60 valence electrons. The number of methoxy groups -OCH3 is 1. The molecule has 1 saturated carbocycles. The summed E-state index contributed by atoms with van der Waals surface area (Å²) in [5.74, 6) is 0. The van der Waals surface area contributed by atoms with Gasteiger partial charge in [0, 0.05) is 21.6 Å². The second-order valence-corrected chi connectivity index (χ2v) is 3.93. The van der Waals surface area contributed by atoms with Crippen molar-refractivity contribution in [3.05, 3.63) is 0 Å². The average molecular weight is 162 g/mol. The minimum absolute atomic E-state index is 0.116. The van der Waals surface area contributed by atoms with Gasteiger partial charge in [0.15, 0.2) is 0 Å². The highest BCUT2D eigenvalue weighted by Gasteiger charge is 2.20. The van der Waals surface area contributed by atoms with Crippen LogP contribution in [0.1, 0.15) is 25.7 Å². The van der Waals surface area contributed by atoms with Crippen molar-refractivity contribution in [3.63, 3.8) is 0 Å². The summed E-state index contributed by atoms with van der Waals surface area (Å²) in [6.45, 7) is 0. The maximum absolute atomic E-state index is 8.88. The Morgan fingerprint density at radius 2 is 2.30 bits per heavy atom.